The molecule has 2 rings (SSSR count). The van der Waals surface area contributed by atoms with Crippen LogP contribution in [0.2, 0.25) is 0 Å². The molecule has 3 atom stereocenters. The molecule has 1 N–H and O–H groups in total. The molecule has 1 fully saturated rings. The number of hydrogen-bond acceptors (Lipinski definition) is 3. The summed E-state index contributed by atoms with van der Waals surface area (Å²) in [4.78, 5) is 2.52. The summed E-state index contributed by atoms with van der Waals surface area (Å²) in [5, 5.41) is 8.17. The maximum absolute atomic E-state index is 4.47. The van der Waals surface area contributed by atoms with Gasteiger partial charge in [-0.25, -0.2) is 0 Å². The highest BCUT2D eigenvalue weighted by atomic mass is 15.3. The number of piperidine rings is 1. The highest BCUT2D eigenvalue weighted by molar-refractivity contribution is 5.50. The van der Waals surface area contributed by atoms with Gasteiger partial charge in [0.1, 0.15) is 0 Å². The second-order valence-electron chi connectivity index (χ2n) is 5.92. The van der Waals surface area contributed by atoms with Crippen LogP contribution in [0.3, 0.4) is 0 Å². The van der Waals surface area contributed by atoms with Crippen LogP contribution in [0.1, 0.15) is 39.3 Å². The number of nitrogens with one attached hydrogen (secondary N) is 1. The molecule has 1 aliphatic rings. The normalized spacial score (nSPS) is 27.8. The van der Waals surface area contributed by atoms with Gasteiger partial charge in [-0.05, 0) is 39.2 Å². The molecule has 1 aromatic rings. The van der Waals surface area contributed by atoms with E-state index in [1.165, 1.54) is 18.5 Å². The first kappa shape index (κ1) is 14.4. The fraction of sp³-hybridized carbons (Fsp3) is 0.800. The maximum Gasteiger partial charge on any atom is 0.0827 e. The van der Waals surface area contributed by atoms with Crippen molar-refractivity contribution < 1.29 is 0 Å². The van der Waals surface area contributed by atoms with Gasteiger partial charge < -0.3 is 10.2 Å². The van der Waals surface area contributed by atoms with E-state index < -0.39 is 0 Å². The van der Waals surface area contributed by atoms with E-state index in [1.807, 2.05) is 11.7 Å². The smallest absolute Gasteiger partial charge is 0.0827 e. The first-order valence-corrected chi connectivity index (χ1v) is 7.54. The van der Waals surface area contributed by atoms with Crippen LogP contribution in [0.4, 0.5) is 5.69 Å². The van der Waals surface area contributed by atoms with Crippen LogP contribution in [0, 0.1) is 12.8 Å². The molecular formula is C15H28N4. The zero-order valence-corrected chi connectivity index (χ0v) is 13.0. The molecule has 2 heterocycles. The summed E-state index contributed by atoms with van der Waals surface area (Å²) in [7, 11) is 2.00. The van der Waals surface area contributed by atoms with Gasteiger partial charge in [0.25, 0.3) is 0 Å². The van der Waals surface area contributed by atoms with Crippen molar-refractivity contribution in [2.24, 2.45) is 13.0 Å². The number of nitrogens with zero attached hydrogens (tertiary/aromatic N) is 3. The van der Waals surface area contributed by atoms with Crippen molar-refractivity contribution in [1.82, 2.24) is 15.1 Å². The Hall–Kier alpha value is -1.03. The standard InChI is InChI=1S/C15H28N4/c1-6-8-16-14-7-9-19(13(4)11(14)2)15-10-18(5)17-12(15)3/h10-11,13-14,16H,6-9H2,1-5H3. The molecule has 4 heteroatoms. The summed E-state index contributed by atoms with van der Waals surface area (Å²) in [6.45, 7) is 11.3. The van der Waals surface area contributed by atoms with Crippen LogP contribution in [0.25, 0.3) is 0 Å². The van der Waals surface area contributed by atoms with Gasteiger partial charge >= 0.3 is 0 Å². The van der Waals surface area contributed by atoms with Crippen molar-refractivity contribution in [3.63, 3.8) is 0 Å². The van der Waals surface area contributed by atoms with E-state index in [4.69, 9.17) is 0 Å². The van der Waals surface area contributed by atoms with Crippen molar-refractivity contribution in [1.29, 1.82) is 0 Å². The Morgan fingerprint density at radius 1 is 1.42 bits per heavy atom. The van der Waals surface area contributed by atoms with Crippen LogP contribution in [0.5, 0.6) is 0 Å². The lowest BCUT2D eigenvalue weighted by atomic mass is 9.86. The second kappa shape index (κ2) is 5.95. The molecule has 0 bridgehead atoms. The maximum atomic E-state index is 4.47. The lowest BCUT2D eigenvalue weighted by Crippen LogP contribution is -2.53. The Morgan fingerprint density at radius 3 is 2.74 bits per heavy atom. The molecule has 4 nitrogen and oxygen atoms in total. The molecule has 3 unspecified atom stereocenters. The lowest BCUT2D eigenvalue weighted by Gasteiger charge is -2.44. The van der Waals surface area contributed by atoms with Crippen LogP contribution >= 0.6 is 0 Å². The largest absolute Gasteiger partial charge is 0.366 e. The minimum atomic E-state index is 0.561. The number of anilines is 1. The van der Waals surface area contributed by atoms with E-state index >= 15 is 0 Å². The molecule has 19 heavy (non-hydrogen) atoms. The Bertz CT molecular complexity index is 412. The predicted molar refractivity (Wildman–Crippen MR) is 80.6 cm³/mol. The van der Waals surface area contributed by atoms with E-state index in [1.54, 1.807) is 0 Å². The Labute approximate surface area is 117 Å². The topological polar surface area (TPSA) is 33.1 Å². The summed E-state index contributed by atoms with van der Waals surface area (Å²) >= 11 is 0. The quantitative estimate of drug-likeness (QED) is 0.906. The van der Waals surface area contributed by atoms with E-state index in [0.717, 1.165) is 18.8 Å². The van der Waals surface area contributed by atoms with Gasteiger partial charge in [0.05, 0.1) is 11.4 Å². The van der Waals surface area contributed by atoms with Crippen molar-refractivity contribution in [2.45, 2.75) is 52.6 Å². The predicted octanol–water partition coefficient (Wildman–Crippen LogP) is 2.33. The van der Waals surface area contributed by atoms with Gasteiger partial charge in [0, 0.05) is 31.9 Å². The van der Waals surface area contributed by atoms with Crippen molar-refractivity contribution in [3.8, 4) is 0 Å². The zero-order valence-electron chi connectivity index (χ0n) is 13.0. The monoisotopic (exact) mass is 264 g/mol. The molecule has 0 amide bonds. The fourth-order valence-corrected chi connectivity index (χ4v) is 3.19. The third-order valence-corrected chi connectivity index (χ3v) is 4.52. The fourth-order valence-electron chi connectivity index (χ4n) is 3.19. The summed E-state index contributed by atoms with van der Waals surface area (Å²) in [6.07, 6.45) is 4.58. The SMILES string of the molecule is CCCNC1CCN(c2cn(C)nc2C)C(C)C1C. The highest BCUT2D eigenvalue weighted by Gasteiger charge is 2.33. The molecule has 1 saturated heterocycles. The molecule has 0 aromatic carbocycles. The minimum Gasteiger partial charge on any atom is -0.366 e. The van der Waals surface area contributed by atoms with Crippen molar-refractivity contribution in [3.05, 3.63) is 11.9 Å². The van der Waals surface area contributed by atoms with Gasteiger partial charge in [-0.2, -0.15) is 5.10 Å². The third-order valence-electron chi connectivity index (χ3n) is 4.52. The average molecular weight is 264 g/mol. The van der Waals surface area contributed by atoms with E-state index in [9.17, 15) is 0 Å². The Morgan fingerprint density at radius 2 is 2.16 bits per heavy atom. The third kappa shape index (κ3) is 2.94. The van der Waals surface area contributed by atoms with Gasteiger partial charge in [-0.3, -0.25) is 4.68 Å². The highest BCUT2D eigenvalue weighted by Crippen LogP contribution is 2.30. The molecule has 0 radical (unpaired) electrons. The molecule has 1 aromatic heterocycles. The Kier molecular flexibility index (Phi) is 4.50. The molecule has 1 aliphatic heterocycles. The first-order valence-electron chi connectivity index (χ1n) is 7.54. The van der Waals surface area contributed by atoms with Crippen LogP contribution in [-0.2, 0) is 7.05 Å². The van der Waals surface area contributed by atoms with Gasteiger partial charge in [-0.1, -0.05) is 13.8 Å². The summed E-state index contributed by atoms with van der Waals surface area (Å²) in [5.41, 5.74) is 2.44. The first-order chi connectivity index (χ1) is 9.04. The van der Waals surface area contributed by atoms with Crippen molar-refractivity contribution in [2.75, 3.05) is 18.0 Å². The molecule has 0 spiro atoms. The van der Waals surface area contributed by atoms with Crippen molar-refractivity contribution >= 4 is 5.69 Å². The van der Waals surface area contributed by atoms with Gasteiger partial charge in [0.15, 0.2) is 0 Å². The summed E-state index contributed by atoms with van der Waals surface area (Å²) < 4.78 is 1.92. The summed E-state index contributed by atoms with van der Waals surface area (Å²) in [6, 6.07) is 1.22. The number of hydrogen-bond donors (Lipinski definition) is 1. The molecule has 0 aliphatic carbocycles. The van der Waals surface area contributed by atoms with Crippen LogP contribution < -0.4 is 10.2 Å². The van der Waals surface area contributed by atoms with Gasteiger partial charge in [-0.15, -0.1) is 0 Å². The zero-order chi connectivity index (χ0) is 14.0. The van der Waals surface area contributed by atoms with E-state index in [0.29, 0.717) is 18.0 Å². The lowest BCUT2D eigenvalue weighted by molar-refractivity contribution is 0.271. The average Bonchev–Trinajstić information content (AvgIpc) is 2.70. The second-order valence-corrected chi connectivity index (χ2v) is 5.92. The minimum absolute atomic E-state index is 0.561. The number of rotatable bonds is 4. The number of aryl methyl sites for hydroxylation is 2. The summed E-state index contributed by atoms with van der Waals surface area (Å²) in [5.74, 6) is 0.667. The van der Waals surface area contributed by atoms with E-state index in [2.05, 4.69) is 49.2 Å². The molecular weight excluding hydrogens is 236 g/mol. The Balaban J connectivity index is 2.08. The van der Waals surface area contributed by atoms with Gasteiger partial charge in [0.2, 0.25) is 0 Å². The number of aromatic nitrogens is 2. The molecule has 108 valence electrons. The molecule has 0 saturated carbocycles. The van der Waals surface area contributed by atoms with Crippen LogP contribution in [-0.4, -0.2) is 35.0 Å². The van der Waals surface area contributed by atoms with E-state index in [-0.39, 0.29) is 0 Å². The van der Waals surface area contributed by atoms with Crippen LogP contribution in [0.15, 0.2) is 6.20 Å².